The van der Waals surface area contributed by atoms with E-state index in [0.29, 0.717) is 48.5 Å². The summed E-state index contributed by atoms with van der Waals surface area (Å²) < 4.78 is 5.15. The first-order valence-electron chi connectivity index (χ1n) is 9.27. The summed E-state index contributed by atoms with van der Waals surface area (Å²) in [4.78, 5) is 29.8. The normalized spacial score (nSPS) is 14.0. The number of halogens is 1. The summed E-state index contributed by atoms with van der Waals surface area (Å²) in [6, 6.07) is 14.6. The van der Waals surface area contributed by atoms with Gasteiger partial charge in [0.2, 0.25) is 5.95 Å². The summed E-state index contributed by atoms with van der Waals surface area (Å²) in [5, 5.41) is 0.667. The number of carbonyl (C=O) groups excluding carboxylic acids is 1. The van der Waals surface area contributed by atoms with Crippen LogP contribution in [0.15, 0.2) is 54.9 Å². The van der Waals surface area contributed by atoms with Crippen LogP contribution in [0, 0.1) is 0 Å². The number of methoxy groups -OCH3 is 1. The highest BCUT2D eigenvalue weighted by Gasteiger charge is 2.24. The van der Waals surface area contributed by atoms with Gasteiger partial charge in [0.25, 0.3) is 5.91 Å². The molecule has 1 saturated heterocycles. The smallest absolute Gasteiger partial charge is 0.253 e. The molecule has 0 unspecified atom stereocenters. The zero-order valence-electron chi connectivity index (χ0n) is 16.0. The first kappa shape index (κ1) is 19.1. The van der Waals surface area contributed by atoms with Crippen molar-refractivity contribution in [2.45, 2.75) is 0 Å². The molecule has 0 spiro atoms. The Bertz CT molecular complexity index is 987. The molecule has 29 heavy (non-hydrogen) atoms. The summed E-state index contributed by atoms with van der Waals surface area (Å²) in [7, 11) is 1.61. The molecule has 2 heterocycles. The minimum Gasteiger partial charge on any atom is -0.497 e. The molecule has 0 aliphatic carbocycles. The number of nitrogens with zero attached hydrogens (tertiary/aromatic N) is 5. The minimum absolute atomic E-state index is 0.0183. The molecule has 4 rings (SSSR count). The monoisotopic (exact) mass is 409 g/mol. The van der Waals surface area contributed by atoms with Crippen molar-refractivity contribution < 1.29 is 9.53 Å². The van der Waals surface area contributed by atoms with Gasteiger partial charge in [0.15, 0.2) is 5.82 Å². The van der Waals surface area contributed by atoms with Gasteiger partial charge in [-0.15, -0.1) is 0 Å². The van der Waals surface area contributed by atoms with E-state index >= 15 is 0 Å². The molecule has 1 aliphatic heterocycles. The molecule has 1 aromatic heterocycles. The summed E-state index contributed by atoms with van der Waals surface area (Å²) in [6.07, 6.45) is 1.52. The van der Waals surface area contributed by atoms with Crippen molar-refractivity contribution in [3.63, 3.8) is 0 Å². The molecule has 1 amide bonds. The first-order chi connectivity index (χ1) is 14.1. The number of hydrogen-bond donors (Lipinski definition) is 0. The average Bonchev–Trinajstić information content (AvgIpc) is 2.79. The Labute approximate surface area is 173 Å². The highest BCUT2D eigenvalue weighted by molar-refractivity contribution is 6.30. The van der Waals surface area contributed by atoms with Crippen LogP contribution in [0.1, 0.15) is 10.4 Å². The van der Waals surface area contributed by atoms with E-state index in [9.17, 15) is 4.79 Å². The fourth-order valence-electron chi connectivity index (χ4n) is 3.20. The predicted octanol–water partition coefficient (Wildman–Crippen LogP) is 3.16. The van der Waals surface area contributed by atoms with Gasteiger partial charge in [-0.25, -0.2) is 9.97 Å². The van der Waals surface area contributed by atoms with Crippen LogP contribution in [0.2, 0.25) is 5.02 Å². The van der Waals surface area contributed by atoms with Crippen molar-refractivity contribution in [3.05, 3.63) is 65.4 Å². The van der Waals surface area contributed by atoms with E-state index in [2.05, 4.69) is 19.9 Å². The quantitative estimate of drug-likeness (QED) is 0.659. The molecule has 148 valence electrons. The van der Waals surface area contributed by atoms with E-state index in [1.165, 1.54) is 6.33 Å². The Kier molecular flexibility index (Phi) is 5.57. The van der Waals surface area contributed by atoms with Crippen LogP contribution in [-0.4, -0.2) is 59.0 Å². The van der Waals surface area contributed by atoms with Crippen LogP contribution < -0.4 is 9.64 Å². The third-order valence-electron chi connectivity index (χ3n) is 4.85. The Balaban J connectivity index is 1.42. The number of benzene rings is 2. The van der Waals surface area contributed by atoms with Gasteiger partial charge in [-0.2, -0.15) is 4.98 Å². The van der Waals surface area contributed by atoms with Crippen LogP contribution in [0.4, 0.5) is 5.95 Å². The fraction of sp³-hybridized carbons (Fsp3) is 0.238. The maximum Gasteiger partial charge on any atom is 0.253 e. The second-order valence-electron chi connectivity index (χ2n) is 6.62. The maximum atomic E-state index is 12.7. The molecule has 0 bridgehead atoms. The van der Waals surface area contributed by atoms with Crippen molar-refractivity contribution in [1.82, 2.24) is 19.9 Å². The van der Waals surface area contributed by atoms with Gasteiger partial charge >= 0.3 is 0 Å². The second kappa shape index (κ2) is 8.45. The predicted molar refractivity (Wildman–Crippen MR) is 111 cm³/mol. The third kappa shape index (κ3) is 4.30. The molecule has 1 aliphatic rings. The van der Waals surface area contributed by atoms with Crippen LogP contribution in [0.3, 0.4) is 0 Å². The number of rotatable bonds is 4. The van der Waals surface area contributed by atoms with Gasteiger partial charge < -0.3 is 14.5 Å². The lowest BCUT2D eigenvalue weighted by Crippen LogP contribution is -2.49. The van der Waals surface area contributed by atoms with Crippen molar-refractivity contribution in [2.24, 2.45) is 0 Å². The molecule has 1 fully saturated rings. The number of carbonyl (C=O) groups is 1. The Morgan fingerprint density at radius 3 is 2.31 bits per heavy atom. The molecule has 7 nitrogen and oxygen atoms in total. The highest BCUT2D eigenvalue weighted by atomic mass is 35.5. The topological polar surface area (TPSA) is 71.5 Å². The summed E-state index contributed by atoms with van der Waals surface area (Å²) >= 11 is 5.95. The summed E-state index contributed by atoms with van der Waals surface area (Å²) in [6.45, 7) is 2.53. The van der Waals surface area contributed by atoms with Crippen molar-refractivity contribution in [1.29, 1.82) is 0 Å². The number of anilines is 1. The SMILES string of the molecule is COc1ccc(C(=O)N2CCN(c3ncnc(-c4ccc(Cl)cc4)n3)CC2)cc1. The molecule has 0 N–H and O–H groups in total. The lowest BCUT2D eigenvalue weighted by molar-refractivity contribution is 0.0746. The van der Waals surface area contributed by atoms with E-state index in [1.807, 2.05) is 29.2 Å². The van der Waals surface area contributed by atoms with Gasteiger partial charge in [0.1, 0.15) is 12.1 Å². The lowest BCUT2D eigenvalue weighted by atomic mass is 10.1. The second-order valence-corrected chi connectivity index (χ2v) is 7.06. The van der Waals surface area contributed by atoms with E-state index in [4.69, 9.17) is 16.3 Å². The van der Waals surface area contributed by atoms with E-state index < -0.39 is 0 Å². The summed E-state index contributed by atoms with van der Waals surface area (Å²) in [5.41, 5.74) is 1.54. The van der Waals surface area contributed by atoms with Crippen LogP contribution >= 0.6 is 11.6 Å². The molecule has 0 radical (unpaired) electrons. The molecular weight excluding hydrogens is 390 g/mol. The maximum absolute atomic E-state index is 12.7. The van der Waals surface area contributed by atoms with Crippen LogP contribution in [0.25, 0.3) is 11.4 Å². The lowest BCUT2D eigenvalue weighted by Gasteiger charge is -2.34. The Morgan fingerprint density at radius 1 is 0.966 bits per heavy atom. The molecular formula is C21H20ClN5O2. The largest absolute Gasteiger partial charge is 0.497 e. The van der Waals surface area contributed by atoms with Crippen molar-refractivity contribution >= 4 is 23.5 Å². The van der Waals surface area contributed by atoms with Crippen LogP contribution in [-0.2, 0) is 0 Å². The van der Waals surface area contributed by atoms with Gasteiger partial charge in [0, 0.05) is 42.3 Å². The third-order valence-corrected chi connectivity index (χ3v) is 5.10. The highest BCUT2D eigenvalue weighted by Crippen LogP contribution is 2.20. The van der Waals surface area contributed by atoms with Crippen molar-refractivity contribution in [3.8, 4) is 17.1 Å². The molecule has 8 heteroatoms. The number of ether oxygens (including phenoxy) is 1. The zero-order chi connectivity index (χ0) is 20.2. The number of hydrogen-bond acceptors (Lipinski definition) is 6. The van der Waals surface area contributed by atoms with Crippen molar-refractivity contribution in [2.75, 3.05) is 38.2 Å². The Hall–Kier alpha value is -3.19. The standard InChI is InChI=1S/C21H20ClN5O2/c1-29-18-8-4-16(5-9-18)20(28)26-10-12-27(13-11-26)21-24-14-23-19(25-21)15-2-6-17(22)7-3-15/h2-9,14H,10-13H2,1H3. The first-order valence-corrected chi connectivity index (χ1v) is 9.65. The molecule has 0 saturated carbocycles. The summed E-state index contributed by atoms with van der Waals surface area (Å²) in [5.74, 6) is 1.97. The Morgan fingerprint density at radius 2 is 1.66 bits per heavy atom. The van der Waals surface area contributed by atoms with Gasteiger partial charge in [-0.05, 0) is 48.5 Å². The van der Waals surface area contributed by atoms with Crippen LogP contribution in [0.5, 0.6) is 5.75 Å². The average molecular weight is 410 g/mol. The fourth-order valence-corrected chi connectivity index (χ4v) is 3.33. The van der Waals surface area contributed by atoms with E-state index in [1.54, 1.807) is 31.4 Å². The molecule has 3 aromatic rings. The van der Waals surface area contributed by atoms with E-state index in [0.717, 1.165) is 11.3 Å². The number of amides is 1. The zero-order valence-corrected chi connectivity index (χ0v) is 16.7. The minimum atomic E-state index is 0.0183. The van der Waals surface area contributed by atoms with Gasteiger partial charge in [-0.1, -0.05) is 11.6 Å². The number of aromatic nitrogens is 3. The van der Waals surface area contributed by atoms with Gasteiger partial charge in [-0.3, -0.25) is 4.79 Å². The number of piperazine rings is 1. The van der Waals surface area contributed by atoms with E-state index in [-0.39, 0.29) is 5.91 Å². The molecule has 0 atom stereocenters. The van der Waals surface area contributed by atoms with Gasteiger partial charge in [0.05, 0.1) is 7.11 Å². The molecule has 2 aromatic carbocycles.